The maximum atomic E-state index is 12.7. The summed E-state index contributed by atoms with van der Waals surface area (Å²) >= 11 is 0. The first-order valence-corrected chi connectivity index (χ1v) is 10.0. The van der Waals surface area contributed by atoms with E-state index in [1.54, 1.807) is 12.0 Å². The molecule has 150 valence electrons. The summed E-state index contributed by atoms with van der Waals surface area (Å²) in [5, 5.41) is 3.08. The van der Waals surface area contributed by atoms with Gasteiger partial charge in [-0.2, -0.15) is 0 Å². The normalized spacial score (nSPS) is 15.2. The number of carbonyl (C=O) groups excluding carboxylic acids is 1. The Kier molecular flexibility index (Phi) is 6.93. The van der Waals surface area contributed by atoms with Crippen LogP contribution in [0.1, 0.15) is 42.5 Å². The summed E-state index contributed by atoms with van der Waals surface area (Å²) in [7, 11) is 3.50. The third-order valence-corrected chi connectivity index (χ3v) is 5.42. The quantitative estimate of drug-likeness (QED) is 0.782. The Balaban J connectivity index is 1.59. The fourth-order valence-electron chi connectivity index (χ4n) is 3.65. The lowest BCUT2D eigenvalue weighted by molar-refractivity contribution is 0.203. The van der Waals surface area contributed by atoms with Crippen LogP contribution in [-0.4, -0.2) is 43.1 Å². The van der Waals surface area contributed by atoms with Crippen molar-refractivity contribution in [1.82, 2.24) is 15.1 Å². The highest BCUT2D eigenvalue weighted by Gasteiger charge is 2.17. The molecule has 0 aliphatic carbocycles. The summed E-state index contributed by atoms with van der Waals surface area (Å²) in [5.74, 6) is 0.814. The first-order chi connectivity index (χ1) is 13.6. The van der Waals surface area contributed by atoms with Gasteiger partial charge < -0.3 is 15.0 Å². The molecule has 1 N–H and O–H groups in total. The van der Waals surface area contributed by atoms with Crippen LogP contribution < -0.4 is 10.1 Å². The molecule has 5 nitrogen and oxygen atoms in total. The van der Waals surface area contributed by atoms with Crippen molar-refractivity contribution in [2.45, 2.75) is 38.9 Å². The number of hydrogen-bond donors (Lipinski definition) is 1. The van der Waals surface area contributed by atoms with Crippen LogP contribution in [0.25, 0.3) is 0 Å². The van der Waals surface area contributed by atoms with Crippen LogP contribution in [0.5, 0.6) is 5.75 Å². The van der Waals surface area contributed by atoms with Crippen molar-refractivity contribution >= 4 is 6.03 Å². The average molecular weight is 382 g/mol. The lowest BCUT2D eigenvalue weighted by atomic mass is 10.1. The zero-order valence-electron chi connectivity index (χ0n) is 17.1. The van der Waals surface area contributed by atoms with Gasteiger partial charge in [0, 0.05) is 20.1 Å². The van der Waals surface area contributed by atoms with Crippen molar-refractivity contribution in [3.05, 3.63) is 65.2 Å². The van der Waals surface area contributed by atoms with E-state index in [0.29, 0.717) is 6.54 Å². The molecule has 2 aromatic carbocycles. The second kappa shape index (κ2) is 9.60. The van der Waals surface area contributed by atoms with Crippen molar-refractivity contribution in [2.24, 2.45) is 0 Å². The summed E-state index contributed by atoms with van der Waals surface area (Å²) in [6, 6.07) is 16.1. The molecular weight excluding hydrogens is 350 g/mol. The molecule has 28 heavy (non-hydrogen) atoms. The monoisotopic (exact) mass is 381 g/mol. The van der Waals surface area contributed by atoms with Gasteiger partial charge in [0.2, 0.25) is 0 Å². The minimum atomic E-state index is -0.0701. The first-order valence-electron chi connectivity index (χ1n) is 10.0. The highest BCUT2D eigenvalue weighted by atomic mass is 16.5. The minimum Gasteiger partial charge on any atom is -0.497 e. The van der Waals surface area contributed by atoms with Crippen LogP contribution in [0.4, 0.5) is 4.79 Å². The molecule has 0 bridgehead atoms. The number of nitrogens with zero attached hydrogens (tertiary/aromatic N) is 2. The number of likely N-dealkylation sites (tertiary alicyclic amines) is 1. The van der Waals surface area contributed by atoms with Gasteiger partial charge in [-0.15, -0.1) is 0 Å². The third kappa shape index (κ3) is 5.26. The van der Waals surface area contributed by atoms with Gasteiger partial charge >= 0.3 is 6.03 Å². The molecular formula is C23H31N3O2. The first kappa shape index (κ1) is 20.2. The molecule has 2 amide bonds. The Labute approximate surface area is 168 Å². The second-order valence-electron chi connectivity index (χ2n) is 7.55. The van der Waals surface area contributed by atoms with Crippen LogP contribution in [0, 0.1) is 0 Å². The van der Waals surface area contributed by atoms with E-state index in [9.17, 15) is 4.79 Å². The third-order valence-electron chi connectivity index (χ3n) is 5.42. The standard InChI is InChI=1S/C23H31N3O2/c1-18(19-10-12-22(28-3)13-11-19)24-23(27)25(2)16-20-8-4-5-9-21(20)17-26-14-6-7-15-26/h4-5,8-13,18H,6-7,14-17H2,1-3H3,(H,24,27). The van der Waals surface area contributed by atoms with Crippen molar-refractivity contribution in [2.75, 3.05) is 27.2 Å². The predicted octanol–water partition coefficient (Wildman–Crippen LogP) is 4.19. The van der Waals surface area contributed by atoms with Crippen molar-refractivity contribution in [3.63, 3.8) is 0 Å². The largest absolute Gasteiger partial charge is 0.497 e. The molecule has 1 aliphatic heterocycles. The molecule has 5 heteroatoms. The van der Waals surface area contributed by atoms with E-state index in [2.05, 4.69) is 34.5 Å². The topological polar surface area (TPSA) is 44.8 Å². The predicted molar refractivity (Wildman–Crippen MR) is 112 cm³/mol. The molecule has 3 rings (SSSR count). The van der Waals surface area contributed by atoms with E-state index in [-0.39, 0.29) is 12.1 Å². The summed E-state index contributed by atoms with van der Waals surface area (Å²) < 4.78 is 5.19. The molecule has 0 saturated carbocycles. The molecule has 1 fully saturated rings. The van der Waals surface area contributed by atoms with Gasteiger partial charge in [0.15, 0.2) is 0 Å². The molecule has 1 aliphatic rings. The maximum absolute atomic E-state index is 12.7. The van der Waals surface area contributed by atoms with E-state index < -0.39 is 0 Å². The van der Waals surface area contributed by atoms with Crippen LogP contribution in [0.15, 0.2) is 48.5 Å². The van der Waals surface area contributed by atoms with Crippen molar-refractivity contribution in [3.8, 4) is 5.75 Å². The molecule has 1 heterocycles. The van der Waals surface area contributed by atoms with Gasteiger partial charge in [-0.05, 0) is 61.7 Å². The Morgan fingerprint density at radius 1 is 1.11 bits per heavy atom. The number of methoxy groups -OCH3 is 1. The molecule has 1 atom stereocenters. The zero-order valence-corrected chi connectivity index (χ0v) is 17.1. The van der Waals surface area contributed by atoms with Crippen LogP contribution >= 0.6 is 0 Å². The minimum absolute atomic E-state index is 0.0688. The Morgan fingerprint density at radius 3 is 2.39 bits per heavy atom. The molecule has 1 unspecified atom stereocenters. The van der Waals surface area contributed by atoms with Gasteiger partial charge in [-0.1, -0.05) is 36.4 Å². The van der Waals surface area contributed by atoms with E-state index in [0.717, 1.165) is 17.9 Å². The zero-order chi connectivity index (χ0) is 19.9. The summed E-state index contributed by atoms with van der Waals surface area (Å²) in [5.41, 5.74) is 3.58. The van der Waals surface area contributed by atoms with E-state index >= 15 is 0 Å². The number of urea groups is 1. The average Bonchev–Trinajstić information content (AvgIpc) is 3.22. The van der Waals surface area contributed by atoms with Gasteiger partial charge in [-0.25, -0.2) is 4.79 Å². The number of carbonyl (C=O) groups is 1. The van der Waals surface area contributed by atoms with Gasteiger partial charge in [0.05, 0.1) is 13.2 Å². The molecule has 2 aromatic rings. The number of hydrogen-bond acceptors (Lipinski definition) is 3. The van der Waals surface area contributed by atoms with Crippen molar-refractivity contribution < 1.29 is 9.53 Å². The maximum Gasteiger partial charge on any atom is 0.317 e. The number of ether oxygens (including phenoxy) is 1. The summed E-state index contributed by atoms with van der Waals surface area (Å²) in [6.07, 6.45) is 2.57. The summed E-state index contributed by atoms with van der Waals surface area (Å²) in [6.45, 7) is 5.90. The van der Waals surface area contributed by atoms with Crippen molar-refractivity contribution in [1.29, 1.82) is 0 Å². The van der Waals surface area contributed by atoms with Crippen LogP contribution in [0.3, 0.4) is 0 Å². The SMILES string of the molecule is COc1ccc(C(C)NC(=O)N(C)Cc2ccccc2CN2CCCC2)cc1. The van der Waals surface area contributed by atoms with Gasteiger partial charge in [-0.3, -0.25) is 4.90 Å². The molecule has 0 aromatic heterocycles. The number of rotatable bonds is 7. The Bertz CT molecular complexity index is 770. The fourth-order valence-corrected chi connectivity index (χ4v) is 3.65. The molecule has 1 saturated heterocycles. The lowest BCUT2D eigenvalue weighted by Gasteiger charge is -2.24. The summed E-state index contributed by atoms with van der Waals surface area (Å²) in [4.78, 5) is 16.9. The number of benzene rings is 2. The fraction of sp³-hybridized carbons (Fsp3) is 0.435. The van der Waals surface area contributed by atoms with E-state index in [1.165, 1.54) is 37.1 Å². The highest BCUT2D eigenvalue weighted by molar-refractivity contribution is 5.74. The lowest BCUT2D eigenvalue weighted by Crippen LogP contribution is -2.38. The van der Waals surface area contributed by atoms with Gasteiger partial charge in [0.25, 0.3) is 0 Å². The number of nitrogens with one attached hydrogen (secondary N) is 1. The molecule has 0 radical (unpaired) electrons. The Hall–Kier alpha value is -2.53. The number of amides is 2. The Morgan fingerprint density at radius 2 is 1.75 bits per heavy atom. The van der Waals surface area contributed by atoms with Crippen LogP contribution in [-0.2, 0) is 13.1 Å². The molecule has 0 spiro atoms. The smallest absolute Gasteiger partial charge is 0.317 e. The second-order valence-corrected chi connectivity index (χ2v) is 7.55. The van der Waals surface area contributed by atoms with Gasteiger partial charge in [0.1, 0.15) is 5.75 Å². The highest BCUT2D eigenvalue weighted by Crippen LogP contribution is 2.19. The van der Waals surface area contributed by atoms with E-state index in [4.69, 9.17) is 4.74 Å². The van der Waals surface area contributed by atoms with Crippen LogP contribution in [0.2, 0.25) is 0 Å². The van der Waals surface area contributed by atoms with E-state index in [1.807, 2.05) is 38.2 Å².